The van der Waals surface area contributed by atoms with Crippen LogP contribution in [0.3, 0.4) is 0 Å². The van der Waals surface area contributed by atoms with Crippen molar-refractivity contribution in [1.29, 1.82) is 0 Å². The van der Waals surface area contributed by atoms with Crippen molar-refractivity contribution >= 4 is 19.9 Å². The summed E-state index contributed by atoms with van der Waals surface area (Å²) in [7, 11) is -7.22. The van der Waals surface area contributed by atoms with E-state index in [1.165, 1.54) is 4.31 Å². The molecule has 1 aliphatic rings. The van der Waals surface area contributed by atoms with Crippen LogP contribution in [-0.4, -0.2) is 39.5 Å². The van der Waals surface area contributed by atoms with Gasteiger partial charge in [0.15, 0.2) is 9.84 Å². The second-order valence-corrected chi connectivity index (χ2v) is 10.5. The molecule has 0 bridgehead atoms. The molecule has 0 N–H and O–H groups in total. The molecule has 5 nitrogen and oxygen atoms in total. The van der Waals surface area contributed by atoms with Crippen LogP contribution in [0.25, 0.3) is 0 Å². The monoisotopic (exact) mass is 379 g/mol. The summed E-state index contributed by atoms with van der Waals surface area (Å²) in [5, 5.41) is -0.712. The van der Waals surface area contributed by atoms with Crippen LogP contribution in [0.4, 0.5) is 0 Å². The summed E-state index contributed by atoms with van der Waals surface area (Å²) in [6, 6.07) is 13.2. The first-order valence-electron chi connectivity index (χ1n) is 8.09. The van der Waals surface area contributed by atoms with Crippen molar-refractivity contribution in [2.24, 2.45) is 0 Å². The lowest BCUT2D eigenvalue weighted by Crippen LogP contribution is -2.32. The predicted molar refractivity (Wildman–Crippen MR) is 96.7 cm³/mol. The zero-order chi connectivity index (χ0) is 18.2. The van der Waals surface area contributed by atoms with Crippen LogP contribution in [-0.2, 0) is 19.9 Å². The molecule has 1 atom stereocenters. The van der Waals surface area contributed by atoms with Gasteiger partial charge < -0.3 is 0 Å². The van der Waals surface area contributed by atoms with Gasteiger partial charge in [0.25, 0.3) is 0 Å². The third kappa shape index (κ3) is 3.36. The van der Waals surface area contributed by atoms with Crippen molar-refractivity contribution in [3.8, 4) is 0 Å². The molecular weight excluding hydrogens is 358 g/mol. The van der Waals surface area contributed by atoms with E-state index in [0.717, 1.165) is 11.1 Å². The number of sulfone groups is 1. The molecule has 0 saturated carbocycles. The molecule has 1 saturated heterocycles. The highest BCUT2D eigenvalue weighted by Crippen LogP contribution is 2.28. The smallest absolute Gasteiger partial charge is 0.223 e. The lowest BCUT2D eigenvalue weighted by atomic mass is 10.1. The molecule has 134 valence electrons. The lowest BCUT2D eigenvalue weighted by Gasteiger charge is -2.17. The molecule has 2 aromatic rings. The topological polar surface area (TPSA) is 71.5 Å². The van der Waals surface area contributed by atoms with Crippen LogP contribution in [0.15, 0.2) is 58.3 Å². The average molecular weight is 380 g/mol. The maximum Gasteiger partial charge on any atom is 0.243 e. The number of nitrogens with zero attached hydrogens (tertiary/aromatic N) is 1. The van der Waals surface area contributed by atoms with Gasteiger partial charge in [-0.25, -0.2) is 16.8 Å². The van der Waals surface area contributed by atoms with Gasteiger partial charge in [0.2, 0.25) is 10.0 Å². The quantitative estimate of drug-likeness (QED) is 0.818. The molecule has 2 aromatic carbocycles. The fourth-order valence-corrected chi connectivity index (χ4v) is 6.39. The standard InChI is InChI=1S/C18H21NO4S2/c1-14-8-9-17(12-15(14)2)25(22,23)19-11-10-18(13-19)24(20,21)16-6-4-3-5-7-16/h3-9,12,18H,10-11,13H2,1-2H3. The summed E-state index contributed by atoms with van der Waals surface area (Å²) in [6.07, 6.45) is 0.307. The molecule has 0 aromatic heterocycles. The molecular formula is C18H21NO4S2. The van der Waals surface area contributed by atoms with E-state index in [0.29, 0.717) is 6.42 Å². The van der Waals surface area contributed by atoms with E-state index in [1.807, 2.05) is 13.8 Å². The first kappa shape index (κ1) is 18.1. The number of hydrogen-bond acceptors (Lipinski definition) is 4. The SMILES string of the molecule is Cc1ccc(S(=O)(=O)N2CCC(S(=O)(=O)c3ccccc3)C2)cc1C. The van der Waals surface area contributed by atoms with Crippen LogP contribution in [0.2, 0.25) is 0 Å². The first-order chi connectivity index (χ1) is 11.7. The number of hydrogen-bond donors (Lipinski definition) is 0. The summed E-state index contributed by atoms with van der Waals surface area (Å²) in [5.41, 5.74) is 1.92. The number of aryl methyl sites for hydroxylation is 2. The third-order valence-corrected chi connectivity index (χ3v) is 8.79. The molecule has 25 heavy (non-hydrogen) atoms. The third-order valence-electron chi connectivity index (χ3n) is 4.73. The Morgan fingerprint density at radius 2 is 1.56 bits per heavy atom. The van der Waals surface area contributed by atoms with Crippen LogP contribution in [0.1, 0.15) is 17.5 Å². The van der Waals surface area contributed by atoms with Gasteiger partial charge in [-0.1, -0.05) is 24.3 Å². The Hall–Kier alpha value is -1.70. The minimum atomic E-state index is -3.68. The van der Waals surface area contributed by atoms with Crippen molar-refractivity contribution in [2.75, 3.05) is 13.1 Å². The van der Waals surface area contributed by atoms with E-state index in [1.54, 1.807) is 48.5 Å². The van der Waals surface area contributed by atoms with Gasteiger partial charge in [0.05, 0.1) is 15.0 Å². The highest BCUT2D eigenvalue weighted by Gasteiger charge is 2.39. The summed E-state index contributed by atoms with van der Waals surface area (Å²) in [5.74, 6) is 0. The van der Waals surface area contributed by atoms with Gasteiger partial charge in [0.1, 0.15) is 0 Å². The fraction of sp³-hybridized carbons (Fsp3) is 0.333. The summed E-state index contributed by atoms with van der Waals surface area (Å²) < 4.78 is 52.4. The second kappa shape index (κ2) is 6.55. The summed E-state index contributed by atoms with van der Waals surface area (Å²) >= 11 is 0. The molecule has 1 aliphatic heterocycles. The molecule has 1 fully saturated rings. The van der Waals surface area contributed by atoms with E-state index < -0.39 is 25.1 Å². The molecule has 3 rings (SSSR count). The van der Waals surface area contributed by atoms with Gasteiger partial charge in [-0.15, -0.1) is 0 Å². The van der Waals surface area contributed by atoms with Gasteiger partial charge in [-0.05, 0) is 55.7 Å². The van der Waals surface area contributed by atoms with E-state index in [2.05, 4.69) is 0 Å². The molecule has 0 spiro atoms. The number of rotatable bonds is 4. The number of benzene rings is 2. The van der Waals surface area contributed by atoms with E-state index in [-0.39, 0.29) is 22.9 Å². The van der Waals surface area contributed by atoms with Crippen LogP contribution in [0, 0.1) is 13.8 Å². The zero-order valence-electron chi connectivity index (χ0n) is 14.2. The largest absolute Gasteiger partial charge is 0.243 e. The normalized spacial score (nSPS) is 19.2. The van der Waals surface area contributed by atoms with Crippen molar-refractivity contribution in [1.82, 2.24) is 4.31 Å². The van der Waals surface area contributed by atoms with Crippen molar-refractivity contribution in [3.05, 3.63) is 59.7 Å². The van der Waals surface area contributed by atoms with Crippen LogP contribution < -0.4 is 0 Å². The Kier molecular flexibility index (Phi) is 4.74. The average Bonchev–Trinajstić information content (AvgIpc) is 3.10. The van der Waals surface area contributed by atoms with E-state index >= 15 is 0 Å². The molecule has 0 aliphatic carbocycles. The van der Waals surface area contributed by atoms with Crippen LogP contribution in [0.5, 0.6) is 0 Å². The molecule has 0 amide bonds. The maximum atomic E-state index is 12.8. The van der Waals surface area contributed by atoms with Gasteiger partial charge in [-0.2, -0.15) is 4.31 Å². The fourth-order valence-electron chi connectivity index (χ4n) is 3.00. The molecule has 1 unspecified atom stereocenters. The van der Waals surface area contributed by atoms with Gasteiger partial charge in [-0.3, -0.25) is 0 Å². The van der Waals surface area contributed by atoms with E-state index in [4.69, 9.17) is 0 Å². The highest BCUT2D eigenvalue weighted by atomic mass is 32.2. The Balaban J connectivity index is 1.86. The number of sulfonamides is 1. The predicted octanol–water partition coefficient (Wildman–Crippen LogP) is 2.54. The molecule has 7 heteroatoms. The minimum absolute atomic E-state index is 0.00746. The van der Waals surface area contributed by atoms with Gasteiger partial charge in [0, 0.05) is 13.1 Å². The Morgan fingerprint density at radius 1 is 0.880 bits per heavy atom. The maximum absolute atomic E-state index is 12.8. The molecule has 0 radical (unpaired) electrons. The first-order valence-corrected chi connectivity index (χ1v) is 11.1. The zero-order valence-corrected chi connectivity index (χ0v) is 15.8. The summed E-state index contributed by atoms with van der Waals surface area (Å²) in [6.45, 7) is 3.99. The van der Waals surface area contributed by atoms with Crippen molar-refractivity contribution < 1.29 is 16.8 Å². The highest BCUT2D eigenvalue weighted by molar-refractivity contribution is 7.92. The van der Waals surface area contributed by atoms with Gasteiger partial charge >= 0.3 is 0 Å². The Bertz CT molecular complexity index is 983. The Morgan fingerprint density at radius 3 is 2.20 bits per heavy atom. The summed E-state index contributed by atoms with van der Waals surface area (Å²) in [4.78, 5) is 0.457. The van der Waals surface area contributed by atoms with Crippen molar-refractivity contribution in [3.63, 3.8) is 0 Å². The van der Waals surface area contributed by atoms with Crippen LogP contribution >= 0.6 is 0 Å². The molecule has 1 heterocycles. The minimum Gasteiger partial charge on any atom is -0.223 e. The van der Waals surface area contributed by atoms with E-state index in [9.17, 15) is 16.8 Å². The second-order valence-electron chi connectivity index (χ2n) is 6.38. The Labute approximate surface area is 149 Å². The lowest BCUT2D eigenvalue weighted by molar-refractivity contribution is 0.476. The van der Waals surface area contributed by atoms with Crippen molar-refractivity contribution in [2.45, 2.75) is 35.3 Å².